The molecule has 1 aliphatic heterocycles. The van der Waals surface area contributed by atoms with Crippen LogP contribution < -0.4 is 10.6 Å². The van der Waals surface area contributed by atoms with Crippen LogP contribution in [0.25, 0.3) is 0 Å². The Balaban J connectivity index is 1.47. The number of hydrogen-bond acceptors (Lipinski definition) is 2. The van der Waals surface area contributed by atoms with Gasteiger partial charge < -0.3 is 15.5 Å². The molecule has 3 rings (SSSR count). The summed E-state index contributed by atoms with van der Waals surface area (Å²) in [4.78, 5) is 26.6. The summed E-state index contributed by atoms with van der Waals surface area (Å²) in [6, 6.07) is 10.2. The van der Waals surface area contributed by atoms with Crippen molar-refractivity contribution in [2.24, 2.45) is 5.92 Å². The average Bonchev–Trinajstić information content (AvgIpc) is 3.13. The summed E-state index contributed by atoms with van der Waals surface area (Å²) in [5.74, 6) is 0.0595. The van der Waals surface area contributed by atoms with Gasteiger partial charge in [0.05, 0.1) is 5.92 Å². The summed E-state index contributed by atoms with van der Waals surface area (Å²) in [7, 11) is 0. The van der Waals surface area contributed by atoms with Crippen molar-refractivity contribution in [3.63, 3.8) is 0 Å². The molecule has 1 aromatic carbocycles. The van der Waals surface area contributed by atoms with Crippen molar-refractivity contribution < 1.29 is 9.59 Å². The molecule has 2 aliphatic rings. The number of nitrogens with zero attached hydrogens (tertiary/aromatic N) is 1. The van der Waals surface area contributed by atoms with Crippen molar-refractivity contribution in [1.82, 2.24) is 15.5 Å². The maximum atomic E-state index is 12.4. The lowest BCUT2D eigenvalue weighted by Gasteiger charge is -2.32. The molecule has 130 valence electrons. The minimum atomic E-state index is -0.0720. The molecule has 0 spiro atoms. The molecule has 0 radical (unpaired) electrons. The van der Waals surface area contributed by atoms with E-state index in [4.69, 9.17) is 0 Å². The molecule has 0 aromatic heterocycles. The molecule has 3 amide bonds. The number of likely N-dealkylation sites (tertiary alicyclic amines) is 1. The van der Waals surface area contributed by atoms with Crippen molar-refractivity contribution in [3.05, 3.63) is 35.9 Å². The van der Waals surface area contributed by atoms with E-state index in [1.165, 1.54) is 12.8 Å². The Morgan fingerprint density at radius 1 is 1.04 bits per heavy atom. The zero-order valence-electron chi connectivity index (χ0n) is 14.2. The van der Waals surface area contributed by atoms with Gasteiger partial charge >= 0.3 is 6.03 Å². The van der Waals surface area contributed by atoms with Gasteiger partial charge in [-0.25, -0.2) is 4.79 Å². The number of nitrogens with one attached hydrogen (secondary N) is 2. The molecular weight excluding hydrogens is 302 g/mol. The second-order valence-corrected chi connectivity index (χ2v) is 6.92. The fraction of sp³-hybridized carbons (Fsp3) is 0.579. The summed E-state index contributed by atoms with van der Waals surface area (Å²) in [6.07, 6.45) is 6.38. The Kier molecular flexibility index (Phi) is 5.72. The molecule has 1 aromatic rings. The van der Waals surface area contributed by atoms with Gasteiger partial charge in [0, 0.05) is 25.7 Å². The summed E-state index contributed by atoms with van der Waals surface area (Å²) in [5.41, 5.74) is 1.08. The topological polar surface area (TPSA) is 61.4 Å². The van der Waals surface area contributed by atoms with E-state index < -0.39 is 0 Å². The monoisotopic (exact) mass is 329 g/mol. The smallest absolute Gasteiger partial charge is 0.317 e. The molecule has 2 fully saturated rings. The number of carbonyl (C=O) groups excluding carboxylic acids is 2. The Morgan fingerprint density at radius 3 is 2.54 bits per heavy atom. The largest absolute Gasteiger partial charge is 0.353 e. The first kappa shape index (κ1) is 16.8. The lowest BCUT2D eigenvalue weighted by Crippen LogP contribution is -2.49. The molecule has 1 saturated carbocycles. The zero-order valence-corrected chi connectivity index (χ0v) is 14.2. The van der Waals surface area contributed by atoms with Gasteiger partial charge in [-0.2, -0.15) is 0 Å². The number of benzene rings is 1. The lowest BCUT2D eigenvalue weighted by molar-refractivity contribution is -0.127. The van der Waals surface area contributed by atoms with Crippen LogP contribution in [0.4, 0.5) is 4.79 Å². The summed E-state index contributed by atoms with van der Waals surface area (Å²) in [6.45, 7) is 1.78. The van der Waals surface area contributed by atoms with Crippen molar-refractivity contribution in [2.45, 2.75) is 51.1 Å². The van der Waals surface area contributed by atoms with Gasteiger partial charge in [0.25, 0.3) is 0 Å². The number of urea groups is 1. The van der Waals surface area contributed by atoms with Gasteiger partial charge in [-0.1, -0.05) is 43.2 Å². The second-order valence-electron chi connectivity index (χ2n) is 6.92. The minimum absolute atomic E-state index is 0.0678. The van der Waals surface area contributed by atoms with E-state index in [1.807, 2.05) is 30.3 Å². The Labute approximate surface area is 143 Å². The first-order valence-corrected chi connectivity index (χ1v) is 9.09. The molecule has 2 N–H and O–H groups in total. The molecular formula is C19H27N3O2. The maximum Gasteiger partial charge on any atom is 0.317 e. The highest BCUT2D eigenvalue weighted by Crippen LogP contribution is 2.21. The van der Waals surface area contributed by atoms with E-state index in [0.717, 1.165) is 37.8 Å². The average molecular weight is 329 g/mol. The fourth-order valence-corrected chi connectivity index (χ4v) is 3.65. The molecule has 1 atom stereocenters. The third-order valence-corrected chi connectivity index (χ3v) is 5.07. The second kappa shape index (κ2) is 8.18. The van der Waals surface area contributed by atoms with E-state index in [1.54, 1.807) is 4.90 Å². The Hall–Kier alpha value is -2.04. The number of rotatable bonds is 4. The van der Waals surface area contributed by atoms with Crippen LogP contribution in [0.1, 0.15) is 44.1 Å². The van der Waals surface area contributed by atoms with E-state index in [0.29, 0.717) is 19.1 Å². The van der Waals surface area contributed by atoms with Gasteiger partial charge in [-0.15, -0.1) is 0 Å². The molecule has 5 heteroatoms. The first-order chi connectivity index (χ1) is 11.7. The van der Waals surface area contributed by atoms with Gasteiger partial charge in [-0.05, 0) is 31.2 Å². The Bertz CT molecular complexity index is 555. The maximum absolute atomic E-state index is 12.4. The van der Waals surface area contributed by atoms with Crippen molar-refractivity contribution in [3.8, 4) is 0 Å². The predicted octanol–water partition coefficient (Wildman–Crippen LogP) is 2.67. The minimum Gasteiger partial charge on any atom is -0.353 e. The normalized spacial score (nSPS) is 21.5. The fourth-order valence-electron chi connectivity index (χ4n) is 3.65. The van der Waals surface area contributed by atoms with Crippen LogP contribution in [-0.4, -0.2) is 36.0 Å². The first-order valence-electron chi connectivity index (χ1n) is 9.09. The quantitative estimate of drug-likeness (QED) is 0.892. The number of carbonyl (C=O) groups is 2. The van der Waals surface area contributed by atoms with E-state index in [9.17, 15) is 9.59 Å². The summed E-state index contributed by atoms with van der Waals surface area (Å²) < 4.78 is 0. The Morgan fingerprint density at radius 2 is 1.79 bits per heavy atom. The van der Waals surface area contributed by atoms with Crippen molar-refractivity contribution >= 4 is 11.9 Å². The van der Waals surface area contributed by atoms with E-state index >= 15 is 0 Å². The predicted molar refractivity (Wildman–Crippen MR) is 93.4 cm³/mol. The number of hydrogen-bond donors (Lipinski definition) is 2. The highest BCUT2D eigenvalue weighted by Gasteiger charge is 2.29. The molecule has 1 saturated heterocycles. The van der Waals surface area contributed by atoms with Crippen LogP contribution in [0.15, 0.2) is 30.3 Å². The lowest BCUT2D eigenvalue weighted by atomic mass is 9.97. The number of amides is 3. The van der Waals surface area contributed by atoms with Crippen LogP contribution >= 0.6 is 0 Å². The highest BCUT2D eigenvalue weighted by molar-refractivity contribution is 5.81. The molecule has 5 nitrogen and oxygen atoms in total. The van der Waals surface area contributed by atoms with Crippen LogP contribution in [-0.2, 0) is 11.3 Å². The molecule has 0 unspecified atom stereocenters. The number of piperidine rings is 1. The standard InChI is InChI=1S/C19H27N3O2/c23-18(21-17-10-4-5-11-17)16-9-6-12-22(14-16)19(24)20-13-15-7-2-1-3-8-15/h1-3,7-8,16-17H,4-6,9-14H2,(H,20,24)(H,21,23)/t16-/m1/s1. The van der Waals surface area contributed by atoms with Crippen molar-refractivity contribution in [2.75, 3.05) is 13.1 Å². The summed E-state index contributed by atoms with van der Waals surface area (Å²) >= 11 is 0. The third kappa shape index (κ3) is 4.49. The van der Waals surface area contributed by atoms with Gasteiger partial charge in [0.2, 0.25) is 5.91 Å². The van der Waals surface area contributed by atoms with Crippen LogP contribution in [0.3, 0.4) is 0 Å². The molecule has 1 aliphatic carbocycles. The molecule has 0 bridgehead atoms. The van der Waals surface area contributed by atoms with E-state index in [2.05, 4.69) is 10.6 Å². The molecule has 1 heterocycles. The van der Waals surface area contributed by atoms with Gasteiger partial charge in [0.15, 0.2) is 0 Å². The van der Waals surface area contributed by atoms with Crippen LogP contribution in [0.5, 0.6) is 0 Å². The SMILES string of the molecule is O=C(NC1CCCC1)[C@@H]1CCCN(C(=O)NCc2ccccc2)C1. The van der Waals surface area contributed by atoms with Gasteiger partial charge in [-0.3, -0.25) is 4.79 Å². The zero-order chi connectivity index (χ0) is 16.8. The van der Waals surface area contributed by atoms with E-state index in [-0.39, 0.29) is 17.9 Å². The third-order valence-electron chi connectivity index (χ3n) is 5.07. The highest BCUT2D eigenvalue weighted by atomic mass is 16.2. The van der Waals surface area contributed by atoms with Crippen LogP contribution in [0, 0.1) is 5.92 Å². The summed E-state index contributed by atoms with van der Waals surface area (Å²) in [5, 5.41) is 6.13. The van der Waals surface area contributed by atoms with Gasteiger partial charge in [0.1, 0.15) is 0 Å². The molecule has 24 heavy (non-hydrogen) atoms. The van der Waals surface area contributed by atoms with Crippen molar-refractivity contribution in [1.29, 1.82) is 0 Å². The van der Waals surface area contributed by atoms with Crippen LogP contribution in [0.2, 0.25) is 0 Å².